The lowest BCUT2D eigenvalue weighted by Crippen LogP contribution is -2.43. The summed E-state index contributed by atoms with van der Waals surface area (Å²) < 4.78 is 0. The van der Waals surface area contributed by atoms with Gasteiger partial charge in [0.05, 0.1) is 17.4 Å². The molecule has 0 aliphatic heterocycles. The number of para-hydroxylation sites is 1. The number of hydrogen-bond donors (Lipinski definition) is 6. The van der Waals surface area contributed by atoms with Crippen LogP contribution >= 0.6 is 0 Å². The van der Waals surface area contributed by atoms with Gasteiger partial charge >= 0.3 is 12.0 Å². The van der Waals surface area contributed by atoms with Gasteiger partial charge in [-0.2, -0.15) is 0 Å². The van der Waals surface area contributed by atoms with Crippen LogP contribution in [0.2, 0.25) is 0 Å². The van der Waals surface area contributed by atoms with Gasteiger partial charge in [-0.1, -0.05) is 99.3 Å². The predicted octanol–water partition coefficient (Wildman–Crippen LogP) is 6.52. The summed E-state index contributed by atoms with van der Waals surface area (Å²) in [5.41, 5.74) is 4.39. The molecular formula is C36H39N5O4. The standard InChI is InChI=1S/C36H39N5O4/c1-24(2)25(3)32(35(43)44)41-34(42)28-19-20-30(31(23-28)40-36(45)39-29-17-11-6-12-18-29)37-21-22-38-33(26-13-7-4-8-14-26)27-15-9-5-10-16-27/h4-20,23-24,32-33,37-38H,3,21-22H2,1-2H3,(H,41,42)(H,43,44)(H2,39,40,45). The van der Waals surface area contributed by atoms with Crippen LogP contribution in [0.3, 0.4) is 0 Å². The fourth-order valence-corrected chi connectivity index (χ4v) is 4.74. The molecule has 0 fully saturated rings. The highest BCUT2D eigenvalue weighted by molar-refractivity contribution is 6.04. The molecule has 0 heterocycles. The average Bonchev–Trinajstić information content (AvgIpc) is 3.04. The number of amides is 3. The Bertz CT molecular complexity index is 1550. The third-order valence-electron chi connectivity index (χ3n) is 7.25. The van der Waals surface area contributed by atoms with E-state index in [9.17, 15) is 19.5 Å². The molecule has 0 radical (unpaired) electrons. The van der Waals surface area contributed by atoms with E-state index in [0.717, 1.165) is 11.1 Å². The Morgan fingerprint density at radius 3 is 1.87 bits per heavy atom. The van der Waals surface area contributed by atoms with Gasteiger partial charge in [0, 0.05) is 24.3 Å². The highest BCUT2D eigenvalue weighted by atomic mass is 16.4. The molecule has 45 heavy (non-hydrogen) atoms. The third kappa shape index (κ3) is 9.29. The molecule has 1 unspecified atom stereocenters. The Kier molecular flexibility index (Phi) is 11.5. The summed E-state index contributed by atoms with van der Waals surface area (Å²) >= 11 is 0. The number of carboxylic acid groups (broad SMARTS) is 1. The van der Waals surface area contributed by atoms with E-state index in [-0.39, 0.29) is 17.5 Å². The van der Waals surface area contributed by atoms with E-state index in [4.69, 9.17) is 0 Å². The lowest BCUT2D eigenvalue weighted by molar-refractivity contribution is -0.138. The second kappa shape index (κ2) is 15.9. The fourth-order valence-electron chi connectivity index (χ4n) is 4.74. The highest BCUT2D eigenvalue weighted by Crippen LogP contribution is 2.25. The van der Waals surface area contributed by atoms with Gasteiger partial charge in [0.1, 0.15) is 6.04 Å². The van der Waals surface area contributed by atoms with E-state index in [1.807, 2.05) is 68.4 Å². The molecule has 232 valence electrons. The molecule has 4 aromatic carbocycles. The number of carbonyl (C=O) groups is 3. The second-order valence-corrected chi connectivity index (χ2v) is 10.8. The third-order valence-corrected chi connectivity index (χ3v) is 7.25. The zero-order valence-corrected chi connectivity index (χ0v) is 25.4. The van der Waals surface area contributed by atoms with E-state index < -0.39 is 23.9 Å². The van der Waals surface area contributed by atoms with Crippen molar-refractivity contribution in [1.29, 1.82) is 0 Å². The first-order chi connectivity index (χ1) is 21.7. The molecule has 9 nitrogen and oxygen atoms in total. The van der Waals surface area contributed by atoms with Gasteiger partial charge in [0.25, 0.3) is 5.91 Å². The Labute approximate surface area is 263 Å². The van der Waals surface area contributed by atoms with Crippen molar-refractivity contribution in [2.24, 2.45) is 5.92 Å². The summed E-state index contributed by atoms with van der Waals surface area (Å²) in [6, 6.07) is 32.4. The number of nitrogens with one attached hydrogen (secondary N) is 5. The van der Waals surface area contributed by atoms with E-state index in [1.54, 1.807) is 24.3 Å². The normalized spacial score (nSPS) is 11.5. The number of benzene rings is 4. The van der Waals surface area contributed by atoms with E-state index in [0.29, 0.717) is 35.7 Å². The zero-order valence-electron chi connectivity index (χ0n) is 25.4. The van der Waals surface area contributed by atoms with Crippen LogP contribution in [0.15, 0.2) is 121 Å². The van der Waals surface area contributed by atoms with Crippen molar-refractivity contribution in [3.63, 3.8) is 0 Å². The molecule has 0 saturated heterocycles. The molecule has 3 amide bonds. The van der Waals surface area contributed by atoms with Gasteiger partial charge in [-0.15, -0.1) is 0 Å². The summed E-state index contributed by atoms with van der Waals surface area (Å²) in [7, 11) is 0. The molecule has 0 saturated carbocycles. The van der Waals surface area contributed by atoms with E-state index >= 15 is 0 Å². The summed E-state index contributed by atoms with van der Waals surface area (Å²) in [5.74, 6) is -1.94. The molecule has 0 aliphatic carbocycles. The monoisotopic (exact) mass is 605 g/mol. The maximum Gasteiger partial charge on any atom is 0.330 e. The Morgan fingerprint density at radius 2 is 1.31 bits per heavy atom. The minimum atomic E-state index is -1.25. The average molecular weight is 606 g/mol. The van der Waals surface area contributed by atoms with Crippen LogP contribution in [-0.2, 0) is 4.79 Å². The number of carboxylic acids is 1. The van der Waals surface area contributed by atoms with Crippen molar-refractivity contribution < 1.29 is 19.5 Å². The van der Waals surface area contributed by atoms with Crippen LogP contribution in [0.1, 0.15) is 41.4 Å². The lowest BCUT2D eigenvalue weighted by atomic mass is 9.97. The Balaban J connectivity index is 1.51. The van der Waals surface area contributed by atoms with Crippen LogP contribution in [0, 0.1) is 5.92 Å². The van der Waals surface area contributed by atoms with Crippen LogP contribution in [0.5, 0.6) is 0 Å². The van der Waals surface area contributed by atoms with Crippen molar-refractivity contribution >= 4 is 35.0 Å². The van der Waals surface area contributed by atoms with Gasteiger partial charge < -0.3 is 31.7 Å². The van der Waals surface area contributed by atoms with E-state index in [1.165, 1.54) is 6.07 Å². The first-order valence-electron chi connectivity index (χ1n) is 14.8. The molecule has 4 rings (SSSR count). The summed E-state index contributed by atoms with van der Waals surface area (Å²) in [4.78, 5) is 38.0. The molecule has 0 aliphatic rings. The molecule has 1 atom stereocenters. The topological polar surface area (TPSA) is 132 Å². The summed E-state index contributed by atoms with van der Waals surface area (Å²) in [6.45, 7) is 8.57. The number of carbonyl (C=O) groups excluding carboxylic acids is 2. The van der Waals surface area contributed by atoms with Crippen molar-refractivity contribution in [2.45, 2.75) is 25.9 Å². The SMILES string of the molecule is C=C(C(C)C)C(NC(=O)c1ccc(NCCNC(c2ccccc2)c2ccccc2)c(NC(=O)Nc2ccccc2)c1)C(=O)O. The number of hydrogen-bond acceptors (Lipinski definition) is 5. The van der Waals surface area contributed by atoms with E-state index in [2.05, 4.69) is 57.4 Å². The zero-order chi connectivity index (χ0) is 32.2. The largest absolute Gasteiger partial charge is 0.479 e. The maximum atomic E-state index is 13.2. The van der Waals surface area contributed by atoms with Crippen molar-refractivity contribution in [2.75, 3.05) is 29.0 Å². The highest BCUT2D eigenvalue weighted by Gasteiger charge is 2.25. The number of rotatable bonds is 14. The molecule has 0 spiro atoms. The fraction of sp³-hybridized carbons (Fsp3) is 0.194. The molecular weight excluding hydrogens is 566 g/mol. The number of urea groups is 1. The van der Waals surface area contributed by atoms with Gasteiger partial charge in [-0.3, -0.25) is 4.79 Å². The van der Waals surface area contributed by atoms with Gasteiger partial charge in [0.2, 0.25) is 0 Å². The first-order valence-corrected chi connectivity index (χ1v) is 14.8. The quantitative estimate of drug-likeness (QED) is 0.0717. The minimum absolute atomic E-state index is 0.0164. The van der Waals surface area contributed by atoms with Gasteiger partial charge in [0.15, 0.2) is 0 Å². The van der Waals surface area contributed by atoms with Crippen molar-refractivity contribution in [1.82, 2.24) is 10.6 Å². The lowest BCUT2D eigenvalue weighted by Gasteiger charge is -2.21. The maximum absolute atomic E-state index is 13.2. The molecule has 0 aromatic heterocycles. The second-order valence-electron chi connectivity index (χ2n) is 10.8. The number of anilines is 3. The minimum Gasteiger partial charge on any atom is -0.479 e. The van der Waals surface area contributed by atoms with Crippen molar-refractivity contribution in [3.8, 4) is 0 Å². The van der Waals surface area contributed by atoms with Crippen LogP contribution in [-0.4, -0.2) is 42.1 Å². The van der Waals surface area contributed by atoms with Crippen LogP contribution in [0.4, 0.5) is 21.9 Å². The predicted molar refractivity (Wildman–Crippen MR) is 180 cm³/mol. The number of aliphatic carboxylic acids is 1. The van der Waals surface area contributed by atoms with Gasteiger partial charge in [-0.05, 0) is 52.9 Å². The van der Waals surface area contributed by atoms with Gasteiger partial charge in [-0.25, -0.2) is 9.59 Å². The molecule has 0 bridgehead atoms. The smallest absolute Gasteiger partial charge is 0.330 e. The first kappa shape index (κ1) is 32.5. The summed E-state index contributed by atoms with van der Waals surface area (Å²) in [6.07, 6.45) is 0. The Hall–Kier alpha value is -5.41. The summed E-state index contributed by atoms with van der Waals surface area (Å²) in [5, 5.41) is 24.8. The molecule has 6 N–H and O–H groups in total. The van der Waals surface area contributed by atoms with Crippen molar-refractivity contribution in [3.05, 3.63) is 138 Å². The Morgan fingerprint density at radius 1 is 0.733 bits per heavy atom. The molecule has 9 heteroatoms. The molecule has 4 aromatic rings. The van der Waals surface area contributed by atoms with Crippen LogP contribution < -0.4 is 26.6 Å². The van der Waals surface area contributed by atoms with Crippen LogP contribution in [0.25, 0.3) is 0 Å².